The Hall–Kier alpha value is -5.16. The van der Waals surface area contributed by atoms with Gasteiger partial charge in [-0.25, -0.2) is 4.79 Å². The number of rotatable bonds is 23. The van der Waals surface area contributed by atoms with Crippen LogP contribution in [0.2, 0.25) is 0 Å². The molecule has 0 aromatic carbocycles. The Morgan fingerprint density at radius 1 is 0.700 bits per heavy atom. The standard InChI is InChI=1S/C32H49N7O11/c1-17(2)15-23(32(49)50)38-31(48)22(16-24(33)41)37-29(46)20(5)34-28(45)19(4)35-30(47)21(11-10-18(3)40)36-25(42)9-7-6-8-14-39-26(43)12-13-27(39)44/h12-13,17,19-23H,6-11,14-16H2,1-5H3,(H2,33,41)(H,34,45)(H,35,47)(H,36,42)(H,37,46)(H,38,48)(H,49,50)/t19-,20-,21-,22-,23-/m0/s1. The van der Waals surface area contributed by atoms with Crippen molar-refractivity contribution in [1.82, 2.24) is 31.5 Å². The first-order chi connectivity index (χ1) is 23.3. The smallest absolute Gasteiger partial charge is 0.326 e. The highest BCUT2D eigenvalue weighted by Gasteiger charge is 2.31. The SMILES string of the molecule is CC(=O)CC[C@H](NC(=O)CCCCCN1C(=O)C=CC1=O)C(=O)N[C@@H](C)C(=O)N[C@@H](C)C(=O)N[C@@H](CC(N)=O)C(=O)N[C@@H](CC(C)C)C(=O)O. The maximum atomic E-state index is 13.0. The van der Waals surface area contributed by atoms with E-state index >= 15 is 0 Å². The Morgan fingerprint density at radius 2 is 1.22 bits per heavy atom. The molecule has 0 spiro atoms. The number of carboxylic acids is 1. The minimum atomic E-state index is -1.54. The van der Waals surface area contributed by atoms with E-state index < -0.39 is 89.9 Å². The van der Waals surface area contributed by atoms with Crippen LogP contribution in [0.5, 0.6) is 0 Å². The topological polar surface area (TPSA) is 280 Å². The molecule has 0 unspecified atom stereocenters. The number of carbonyl (C=O) groups excluding carboxylic acids is 9. The molecule has 1 rings (SSSR count). The largest absolute Gasteiger partial charge is 0.480 e. The highest BCUT2D eigenvalue weighted by molar-refractivity contribution is 6.12. The van der Waals surface area contributed by atoms with Gasteiger partial charge in [0.2, 0.25) is 35.4 Å². The van der Waals surface area contributed by atoms with Crippen LogP contribution in [-0.2, 0) is 47.9 Å². The van der Waals surface area contributed by atoms with Crippen molar-refractivity contribution >= 4 is 59.0 Å². The van der Waals surface area contributed by atoms with E-state index in [1.165, 1.54) is 32.9 Å². The molecule has 0 fully saturated rings. The number of Topliss-reactive ketones (excluding diaryl/α,β-unsaturated/α-hetero) is 1. The summed E-state index contributed by atoms with van der Waals surface area (Å²) < 4.78 is 0. The van der Waals surface area contributed by atoms with Gasteiger partial charge in [-0.2, -0.15) is 0 Å². The van der Waals surface area contributed by atoms with Gasteiger partial charge in [-0.3, -0.25) is 43.3 Å². The number of ketones is 1. The summed E-state index contributed by atoms with van der Waals surface area (Å²) in [5, 5.41) is 21.3. The van der Waals surface area contributed by atoms with Gasteiger partial charge in [-0.05, 0) is 52.4 Å². The lowest BCUT2D eigenvalue weighted by molar-refractivity contribution is -0.143. The second kappa shape index (κ2) is 21.0. The lowest BCUT2D eigenvalue weighted by Crippen LogP contribution is -2.58. The number of imide groups is 1. The molecular formula is C32H49N7O11. The van der Waals surface area contributed by atoms with Gasteiger partial charge in [0, 0.05) is 31.5 Å². The van der Waals surface area contributed by atoms with Crippen LogP contribution in [0.4, 0.5) is 0 Å². The molecule has 0 bridgehead atoms. The second-order valence-corrected chi connectivity index (χ2v) is 12.6. The Kier molecular flexibility index (Phi) is 18.0. The number of hydrogen-bond acceptors (Lipinski definition) is 10. The number of primary amides is 1. The van der Waals surface area contributed by atoms with E-state index in [2.05, 4.69) is 26.6 Å². The number of nitrogens with zero attached hydrogens (tertiary/aromatic N) is 1. The highest BCUT2D eigenvalue weighted by atomic mass is 16.4. The van der Waals surface area contributed by atoms with Crippen LogP contribution in [0.3, 0.4) is 0 Å². The number of nitrogens with one attached hydrogen (secondary N) is 5. The summed E-state index contributed by atoms with van der Waals surface area (Å²) in [6, 6.07) is -6.50. The molecule has 5 atom stereocenters. The van der Waals surface area contributed by atoms with Crippen LogP contribution in [0.15, 0.2) is 12.2 Å². The first kappa shape index (κ1) is 42.9. The van der Waals surface area contributed by atoms with Crippen LogP contribution in [0.25, 0.3) is 0 Å². The molecule has 50 heavy (non-hydrogen) atoms. The number of amides is 8. The third-order valence-electron chi connectivity index (χ3n) is 7.49. The summed E-state index contributed by atoms with van der Waals surface area (Å²) in [5.41, 5.74) is 5.21. The average Bonchev–Trinajstić information content (AvgIpc) is 3.33. The van der Waals surface area contributed by atoms with Gasteiger partial charge in [0.05, 0.1) is 6.42 Å². The molecule has 8 N–H and O–H groups in total. The van der Waals surface area contributed by atoms with Gasteiger partial charge in [0.25, 0.3) is 11.8 Å². The molecule has 0 aromatic heterocycles. The van der Waals surface area contributed by atoms with Crippen LogP contribution < -0.4 is 32.3 Å². The van der Waals surface area contributed by atoms with Crippen LogP contribution >= 0.6 is 0 Å². The van der Waals surface area contributed by atoms with Crippen molar-refractivity contribution in [3.63, 3.8) is 0 Å². The molecule has 1 aliphatic rings. The zero-order chi connectivity index (χ0) is 38.1. The van der Waals surface area contributed by atoms with Gasteiger partial charge < -0.3 is 42.2 Å². The Balaban J connectivity index is 2.73. The maximum Gasteiger partial charge on any atom is 0.326 e. The molecule has 0 saturated heterocycles. The summed E-state index contributed by atoms with van der Waals surface area (Å²) >= 11 is 0. The van der Waals surface area contributed by atoms with E-state index in [0.29, 0.717) is 19.3 Å². The molecule has 1 heterocycles. The molecule has 1 aliphatic heterocycles. The fraction of sp³-hybridized carbons (Fsp3) is 0.625. The number of carboxylic acid groups (broad SMARTS) is 1. The van der Waals surface area contributed by atoms with E-state index in [1.54, 1.807) is 13.8 Å². The summed E-state index contributed by atoms with van der Waals surface area (Å²) in [6.45, 7) is 7.61. The first-order valence-corrected chi connectivity index (χ1v) is 16.4. The quantitative estimate of drug-likeness (QED) is 0.0465. The van der Waals surface area contributed by atoms with Gasteiger partial charge in [0.15, 0.2) is 0 Å². The van der Waals surface area contributed by atoms with Crippen molar-refractivity contribution in [3.05, 3.63) is 12.2 Å². The Morgan fingerprint density at radius 3 is 1.74 bits per heavy atom. The number of hydrogen-bond donors (Lipinski definition) is 7. The average molecular weight is 708 g/mol. The van der Waals surface area contributed by atoms with E-state index in [4.69, 9.17) is 5.73 Å². The Bertz CT molecular complexity index is 1330. The minimum absolute atomic E-state index is 0.0239. The minimum Gasteiger partial charge on any atom is -0.480 e. The van der Waals surface area contributed by atoms with Crippen molar-refractivity contribution in [2.45, 2.75) is 116 Å². The molecule has 8 amide bonds. The molecule has 18 nitrogen and oxygen atoms in total. The Labute approximate surface area is 290 Å². The van der Waals surface area contributed by atoms with Crippen molar-refractivity contribution < 1.29 is 53.1 Å². The number of carbonyl (C=O) groups is 10. The number of nitrogens with two attached hydrogens (primary N) is 1. The van der Waals surface area contributed by atoms with Crippen molar-refractivity contribution in [2.24, 2.45) is 11.7 Å². The third-order valence-corrected chi connectivity index (χ3v) is 7.49. The summed E-state index contributed by atoms with van der Waals surface area (Å²) in [5.74, 6) is -7.31. The number of aliphatic carboxylic acids is 1. The van der Waals surface area contributed by atoms with Crippen LogP contribution in [0.1, 0.15) is 86.0 Å². The number of unbranched alkanes of at least 4 members (excludes halogenated alkanes) is 2. The normalized spacial score (nSPS) is 15.4. The fourth-order valence-electron chi connectivity index (χ4n) is 4.72. The predicted molar refractivity (Wildman–Crippen MR) is 176 cm³/mol. The van der Waals surface area contributed by atoms with Crippen LogP contribution in [-0.4, -0.2) is 106 Å². The summed E-state index contributed by atoms with van der Waals surface area (Å²) in [4.78, 5) is 123. The summed E-state index contributed by atoms with van der Waals surface area (Å²) in [7, 11) is 0. The molecule has 0 aliphatic carbocycles. The molecule has 0 saturated carbocycles. The zero-order valence-electron chi connectivity index (χ0n) is 29.0. The molecule has 0 radical (unpaired) electrons. The van der Waals surface area contributed by atoms with Crippen molar-refractivity contribution in [2.75, 3.05) is 6.54 Å². The van der Waals surface area contributed by atoms with Gasteiger partial charge in [-0.15, -0.1) is 0 Å². The van der Waals surface area contributed by atoms with E-state index in [9.17, 15) is 53.1 Å². The predicted octanol–water partition coefficient (Wildman–Crippen LogP) is -1.69. The lowest BCUT2D eigenvalue weighted by atomic mass is 10.0. The molecule has 18 heteroatoms. The van der Waals surface area contributed by atoms with Crippen LogP contribution in [0, 0.1) is 5.92 Å². The van der Waals surface area contributed by atoms with E-state index in [-0.39, 0.29) is 43.9 Å². The highest BCUT2D eigenvalue weighted by Crippen LogP contribution is 2.09. The van der Waals surface area contributed by atoms with E-state index in [1.807, 2.05) is 0 Å². The zero-order valence-corrected chi connectivity index (χ0v) is 29.0. The third kappa shape index (κ3) is 15.8. The van der Waals surface area contributed by atoms with E-state index in [0.717, 1.165) is 4.90 Å². The van der Waals surface area contributed by atoms with Crippen molar-refractivity contribution in [1.29, 1.82) is 0 Å². The summed E-state index contributed by atoms with van der Waals surface area (Å²) in [6.07, 6.45) is 3.15. The second-order valence-electron chi connectivity index (χ2n) is 12.6. The molecule has 0 aromatic rings. The fourth-order valence-corrected chi connectivity index (χ4v) is 4.72. The monoisotopic (exact) mass is 707 g/mol. The van der Waals surface area contributed by atoms with Gasteiger partial charge in [-0.1, -0.05) is 20.3 Å². The first-order valence-electron chi connectivity index (χ1n) is 16.4. The molecule has 278 valence electrons. The maximum absolute atomic E-state index is 13.0. The van der Waals surface area contributed by atoms with Crippen molar-refractivity contribution in [3.8, 4) is 0 Å². The van der Waals surface area contributed by atoms with Gasteiger partial charge >= 0.3 is 5.97 Å². The molecular weight excluding hydrogens is 658 g/mol. The van der Waals surface area contributed by atoms with Gasteiger partial charge in [0.1, 0.15) is 36.0 Å². The lowest BCUT2D eigenvalue weighted by Gasteiger charge is -2.24.